The number of anilines is 2. The van der Waals surface area contributed by atoms with Gasteiger partial charge in [0.05, 0.1) is 29.7 Å². The number of pyridine rings is 1. The number of nitrogen functional groups attached to an aromatic ring is 1. The van der Waals surface area contributed by atoms with Crippen molar-refractivity contribution in [1.82, 2.24) is 20.3 Å². The number of rotatable bonds is 7. The standard InChI is InChI=1S/C27H24N6O4/c1-37-22-14-21(30-18-10-6-5-9-17(18)22)25(35)33-23(15-7-3-2-4-8-15)24(34)26(36)29-16-11-12-19-20(13-16)32-27(28)31-19/h2-14,23-24,34H,1H3,(H,29,36)(H,33,35)(H3,28,31,32). The lowest BCUT2D eigenvalue weighted by Crippen LogP contribution is -2.42. The Bertz CT molecular complexity index is 1600. The second-order valence-electron chi connectivity index (χ2n) is 8.38. The first-order chi connectivity index (χ1) is 17.9. The summed E-state index contributed by atoms with van der Waals surface area (Å²) in [6, 6.07) is 21.5. The molecule has 0 saturated carbocycles. The van der Waals surface area contributed by atoms with Crippen LogP contribution in [0.2, 0.25) is 0 Å². The van der Waals surface area contributed by atoms with E-state index in [2.05, 4.69) is 25.6 Å². The molecule has 0 fully saturated rings. The summed E-state index contributed by atoms with van der Waals surface area (Å²) < 4.78 is 5.44. The highest BCUT2D eigenvalue weighted by atomic mass is 16.5. The third kappa shape index (κ3) is 4.91. The molecule has 10 heteroatoms. The quantitative estimate of drug-likeness (QED) is 0.232. The Balaban J connectivity index is 1.41. The molecule has 2 unspecified atom stereocenters. The number of carbonyl (C=O) groups excluding carboxylic acids is 2. The van der Waals surface area contributed by atoms with Gasteiger partial charge in [-0.25, -0.2) is 9.97 Å². The van der Waals surface area contributed by atoms with Crippen molar-refractivity contribution in [2.45, 2.75) is 12.1 Å². The van der Waals surface area contributed by atoms with Gasteiger partial charge in [-0.2, -0.15) is 0 Å². The SMILES string of the molecule is COc1cc(C(=O)NC(c2ccccc2)C(O)C(=O)Nc2ccc3nc(N)[nH]c3c2)nc2ccccc12. The van der Waals surface area contributed by atoms with E-state index in [1.165, 1.54) is 13.2 Å². The van der Waals surface area contributed by atoms with Gasteiger partial charge in [0.25, 0.3) is 11.8 Å². The number of hydrogen-bond acceptors (Lipinski definition) is 7. The number of nitrogens with two attached hydrogens (primary N) is 1. The zero-order chi connectivity index (χ0) is 25.9. The number of nitrogens with one attached hydrogen (secondary N) is 3. The van der Waals surface area contributed by atoms with E-state index < -0.39 is 24.0 Å². The number of aliphatic hydroxyl groups excluding tert-OH is 1. The number of methoxy groups -OCH3 is 1. The van der Waals surface area contributed by atoms with Crippen molar-refractivity contribution in [1.29, 1.82) is 0 Å². The first-order valence-electron chi connectivity index (χ1n) is 11.5. The Kier molecular flexibility index (Phi) is 6.40. The largest absolute Gasteiger partial charge is 0.496 e. The molecule has 2 heterocycles. The van der Waals surface area contributed by atoms with Crippen molar-refractivity contribution in [3.05, 3.63) is 90.1 Å². The molecule has 0 bridgehead atoms. The topological polar surface area (TPSA) is 155 Å². The Morgan fingerprint density at radius 1 is 0.973 bits per heavy atom. The van der Waals surface area contributed by atoms with Gasteiger partial charge in [0.2, 0.25) is 0 Å². The zero-order valence-corrected chi connectivity index (χ0v) is 19.8. The maximum Gasteiger partial charge on any atom is 0.270 e. The maximum absolute atomic E-state index is 13.3. The highest BCUT2D eigenvalue weighted by molar-refractivity contribution is 5.99. The van der Waals surface area contributed by atoms with Gasteiger partial charge in [-0.3, -0.25) is 9.59 Å². The van der Waals surface area contributed by atoms with Gasteiger partial charge in [-0.05, 0) is 35.9 Å². The minimum atomic E-state index is -1.61. The van der Waals surface area contributed by atoms with E-state index in [1.54, 1.807) is 54.6 Å². The predicted molar refractivity (Wildman–Crippen MR) is 140 cm³/mol. The third-order valence-electron chi connectivity index (χ3n) is 5.93. The van der Waals surface area contributed by atoms with Crippen LogP contribution in [0.3, 0.4) is 0 Å². The summed E-state index contributed by atoms with van der Waals surface area (Å²) in [4.78, 5) is 37.8. The zero-order valence-electron chi connectivity index (χ0n) is 19.8. The molecule has 0 spiro atoms. The van der Waals surface area contributed by atoms with E-state index in [1.807, 2.05) is 18.2 Å². The van der Waals surface area contributed by atoms with Gasteiger partial charge in [0.1, 0.15) is 11.4 Å². The lowest BCUT2D eigenvalue weighted by atomic mass is 10.00. The number of fused-ring (bicyclic) bond motifs is 2. The van der Waals surface area contributed by atoms with Crippen LogP contribution in [-0.4, -0.2) is 45.1 Å². The van der Waals surface area contributed by atoms with Crippen LogP contribution in [0.15, 0.2) is 78.9 Å². The van der Waals surface area contributed by atoms with Crippen LogP contribution >= 0.6 is 0 Å². The van der Waals surface area contributed by atoms with E-state index in [9.17, 15) is 14.7 Å². The number of hydrogen-bond donors (Lipinski definition) is 5. The molecule has 5 rings (SSSR count). The second kappa shape index (κ2) is 9.96. The normalized spacial score (nSPS) is 12.7. The summed E-state index contributed by atoms with van der Waals surface area (Å²) in [5, 5.41) is 17.3. The molecule has 0 aliphatic carbocycles. The molecular formula is C27H24N6O4. The Morgan fingerprint density at radius 2 is 1.73 bits per heavy atom. The molecule has 0 radical (unpaired) electrons. The van der Waals surface area contributed by atoms with Crippen molar-refractivity contribution in [3.63, 3.8) is 0 Å². The number of imidazole rings is 1. The molecule has 186 valence electrons. The number of amides is 2. The lowest BCUT2D eigenvalue weighted by Gasteiger charge is -2.24. The monoisotopic (exact) mass is 496 g/mol. The second-order valence-corrected chi connectivity index (χ2v) is 8.38. The molecule has 2 atom stereocenters. The molecule has 0 aliphatic heterocycles. The number of benzene rings is 3. The van der Waals surface area contributed by atoms with Crippen LogP contribution in [0.1, 0.15) is 22.1 Å². The number of para-hydroxylation sites is 1. The molecule has 3 aromatic carbocycles. The summed E-state index contributed by atoms with van der Waals surface area (Å²) in [5.74, 6) is -0.534. The predicted octanol–water partition coefficient (Wildman–Crippen LogP) is 3.17. The number of aromatic amines is 1. The molecule has 10 nitrogen and oxygen atoms in total. The molecule has 6 N–H and O–H groups in total. The highest BCUT2D eigenvalue weighted by Crippen LogP contribution is 2.26. The summed E-state index contributed by atoms with van der Waals surface area (Å²) >= 11 is 0. The third-order valence-corrected chi connectivity index (χ3v) is 5.93. The molecule has 0 saturated heterocycles. The van der Waals surface area contributed by atoms with Crippen LogP contribution in [0, 0.1) is 0 Å². The van der Waals surface area contributed by atoms with Crippen LogP contribution in [0.4, 0.5) is 11.6 Å². The fourth-order valence-corrected chi connectivity index (χ4v) is 4.12. The fraction of sp³-hybridized carbons (Fsp3) is 0.111. The van der Waals surface area contributed by atoms with E-state index in [4.69, 9.17) is 10.5 Å². The van der Waals surface area contributed by atoms with Crippen LogP contribution < -0.4 is 21.1 Å². The minimum Gasteiger partial charge on any atom is -0.496 e. The maximum atomic E-state index is 13.3. The highest BCUT2D eigenvalue weighted by Gasteiger charge is 2.30. The van der Waals surface area contributed by atoms with Crippen molar-refractivity contribution < 1.29 is 19.4 Å². The van der Waals surface area contributed by atoms with E-state index in [0.717, 1.165) is 5.39 Å². The average molecular weight is 497 g/mol. The number of carbonyl (C=O) groups is 2. The number of ether oxygens (including phenoxy) is 1. The van der Waals surface area contributed by atoms with E-state index >= 15 is 0 Å². The Labute approximate surface area is 211 Å². The summed E-state index contributed by atoms with van der Waals surface area (Å²) in [6.45, 7) is 0. The van der Waals surface area contributed by atoms with Gasteiger partial charge in [0, 0.05) is 17.1 Å². The van der Waals surface area contributed by atoms with Gasteiger partial charge >= 0.3 is 0 Å². The molecule has 2 aromatic heterocycles. The molecule has 5 aromatic rings. The first kappa shape index (κ1) is 23.8. The van der Waals surface area contributed by atoms with Crippen molar-refractivity contribution in [2.75, 3.05) is 18.2 Å². The Hall–Kier alpha value is -4.96. The van der Waals surface area contributed by atoms with Gasteiger partial charge < -0.3 is 31.2 Å². The minimum absolute atomic E-state index is 0.0892. The van der Waals surface area contributed by atoms with Crippen molar-refractivity contribution in [3.8, 4) is 5.75 Å². The lowest BCUT2D eigenvalue weighted by molar-refractivity contribution is -0.125. The van der Waals surface area contributed by atoms with E-state index in [-0.39, 0.29) is 11.6 Å². The number of H-pyrrole nitrogens is 1. The van der Waals surface area contributed by atoms with Gasteiger partial charge in [-0.1, -0.05) is 42.5 Å². The number of aromatic nitrogens is 3. The van der Waals surface area contributed by atoms with Crippen molar-refractivity contribution >= 4 is 45.4 Å². The first-order valence-corrected chi connectivity index (χ1v) is 11.5. The molecule has 37 heavy (non-hydrogen) atoms. The smallest absolute Gasteiger partial charge is 0.270 e. The Morgan fingerprint density at radius 3 is 2.51 bits per heavy atom. The summed E-state index contributed by atoms with van der Waals surface area (Å²) in [5.41, 5.74) is 8.61. The van der Waals surface area contributed by atoms with Crippen LogP contribution in [-0.2, 0) is 4.79 Å². The summed E-state index contributed by atoms with van der Waals surface area (Å²) in [7, 11) is 1.51. The van der Waals surface area contributed by atoms with Gasteiger partial charge in [0.15, 0.2) is 12.1 Å². The van der Waals surface area contributed by atoms with Crippen molar-refractivity contribution in [2.24, 2.45) is 0 Å². The number of nitrogens with zero attached hydrogens (tertiary/aromatic N) is 2. The van der Waals surface area contributed by atoms with Crippen LogP contribution in [0.25, 0.3) is 21.9 Å². The molecule has 0 aliphatic rings. The average Bonchev–Trinajstić information content (AvgIpc) is 3.30. The number of aliphatic hydroxyl groups is 1. The molecule has 2 amide bonds. The molecular weight excluding hydrogens is 472 g/mol. The van der Waals surface area contributed by atoms with E-state index in [0.29, 0.717) is 33.6 Å². The van der Waals surface area contributed by atoms with Crippen LogP contribution in [0.5, 0.6) is 5.75 Å². The van der Waals surface area contributed by atoms with Gasteiger partial charge in [-0.15, -0.1) is 0 Å². The summed E-state index contributed by atoms with van der Waals surface area (Å²) in [6.07, 6.45) is -1.61. The fourth-order valence-electron chi connectivity index (χ4n) is 4.12.